The normalized spacial score (nSPS) is 20.9. The van der Waals surface area contributed by atoms with Crippen LogP contribution in [0.25, 0.3) is 0 Å². The van der Waals surface area contributed by atoms with E-state index >= 15 is 0 Å². The Morgan fingerprint density at radius 2 is 2.31 bits per heavy atom. The van der Waals surface area contributed by atoms with E-state index in [1.165, 1.54) is 35.0 Å². The Kier molecular flexibility index (Phi) is 3.98. The van der Waals surface area contributed by atoms with Crippen molar-refractivity contribution < 1.29 is 0 Å². The third-order valence-corrected chi connectivity index (χ3v) is 4.16. The zero-order valence-electron chi connectivity index (χ0n) is 10.5. The van der Waals surface area contributed by atoms with Crippen LogP contribution in [-0.4, -0.2) is 17.6 Å². The molecule has 2 rings (SSSR count). The Bertz CT molecular complexity index is 338. The maximum absolute atomic E-state index is 4.79. The molecule has 2 heterocycles. The fraction of sp³-hybridized carbons (Fsp3) is 0.769. The molecule has 1 aromatic rings. The van der Waals surface area contributed by atoms with E-state index in [2.05, 4.69) is 26.1 Å². The number of thiazole rings is 1. The summed E-state index contributed by atoms with van der Waals surface area (Å²) < 4.78 is 0. The van der Waals surface area contributed by atoms with Gasteiger partial charge in [0.2, 0.25) is 0 Å². The Morgan fingerprint density at radius 1 is 1.50 bits per heavy atom. The number of aryl methyl sites for hydroxylation is 1. The summed E-state index contributed by atoms with van der Waals surface area (Å²) in [6, 6.07) is 0.678. The molecule has 0 spiro atoms. The van der Waals surface area contributed by atoms with Gasteiger partial charge < -0.3 is 5.32 Å². The van der Waals surface area contributed by atoms with E-state index < -0.39 is 0 Å². The summed E-state index contributed by atoms with van der Waals surface area (Å²) in [5.74, 6) is 0.707. The molecule has 1 atom stereocenters. The molecule has 0 aliphatic carbocycles. The van der Waals surface area contributed by atoms with Crippen molar-refractivity contribution in [1.29, 1.82) is 0 Å². The topological polar surface area (TPSA) is 24.9 Å². The minimum atomic E-state index is 0.678. The summed E-state index contributed by atoms with van der Waals surface area (Å²) in [5.41, 5.74) is 1.33. The highest BCUT2D eigenvalue weighted by Gasteiger charge is 2.17. The second-order valence-electron chi connectivity index (χ2n) is 5.21. The van der Waals surface area contributed by atoms with Gasteiger partial charge in [0.05, 0.1) is 10.7 Å². The summed E-state index contributed by atoms with van der Waals surface area (Å²) in [4.78, 5) is 6.21. The van der Waals surface area contributed by atoms with E-state index in [0.29, 0.717) is 12.0 Å². The highest BCUT2D eigenvalue weighted by atomic mass is 32.1. The van der Waals surface area contributed by atoms with Crippen molar-refractivity contribution in [3.8, 4) is 0 Å². The SMILES string of the molecule is Cc1sc(CC2CCCN2)nc1CC(C)C. The number of rotatable bonds is 4. The van der Waals surface area contributed by atoms with Crippen LogP contribution in [0.3, 0.4) is 0 Å². The summed E-state index contributed by atoms with van der Waals surface area (Å²) in [6.45, 7) is 7.92. The highest BCUT2D eigenvalue weighted by molar-refractivity contribution is 7.11. The van der Waals surface area contributed by atoms with Gasteiger partial charge in [-0.25, -0.2) is 4.98 Å². The van der Waals surface area contributed by atoms with Crippen LogP contribution in [-0.2, 0) is 12.8 Å². The van der Waals surface area contributed by atoms with Gasteiger partial charge in [0.15, 0.2) is 0 Å². The van der Waals surface area contributed by atoms with E-state index in [-0.39, 0.29) is 0 Å². The van der Waals surface area contributed by atoms with Crippen LogP contribution in [0.2, 0.25) is 0 Å². The van der Waals surface area contributed by atoms with Gasteiger partial charge in [-0.3, -0.25) is 0 Å². The average Bonchev–Trinajstić information content (AvgIpc) is 2.78. The molecule has 1 unspecified atom stereocenters. The molecule has 3 heteroatoms. The fourth-order valence-electron chi connectivity index (χ4n) is 2.29. The van der Waals surface area contributed by atoms with Crippen LogP contribution in [0.5, 0.6) is 0 Å². The first-order valence-electron chi connectivity index (χ1n) is 6.33. The van der Waals surface area contributed by atoms with Crippen molar-refractivity contribution in [3.63, 3.8) is 0 Å². The van der Waals surface area contributed by atoms with Crippen molar-refractivity contribution in [2.45, 2.75) is 52.5 Å². The zero-order valence-corrected chi connectivity index (χ0v) is 11.4. The molecule has 1 aliphatic rings. The lowest BCUT2D eigenvalue weighted by Gasteiger charge is -2.06. The molecule has 0 amide bonds. The Hall–Kier alpha value is -0.410. The lowest BCUT2D eigenvalue weighted by atomic mass is 10.1. The molecule has 0 radical (unpaired) electrons. The zero-order chi connectivity index (χ0) is 11.5. The van der Waals surface area contributed by atoms with Crippen molar-refractivity contribution in [2.75, 3.05) is 6.54 Å². The number of hydrogen-bond donors (Lipinski definition) is 1. The smallest absolute Gasteiger partial charge is 0.0946 e. The first-order chi connectivity index (χ1) is 7.65. The Balaban J connectivity index is 1.99. The van der Waals surface area contributed by atoms with Gasteiger partial charge in [0.25, 0.3) is 0 Å². The minimum absolute atomic E-state index is 0.678. The van der Waals surface area contributed by atoms with Gasteiger partial charge in [-0.1, -0.05) is 13.8 Å². The quantitative estimate of drug-likeness (QED) is 0.872. The van der Waals surface area contributed by atoms with Gasteiger partial charge in [-0.15, -0.1) is 11.3 Å². The van der Waals surface area contributed by atoms with Gasteiger partial charge >= 0.3 is 0 Å². The van der Waals surface area contributed by atoms with Crippen LogP contribution < -0.4 is 5.32 Å². The second kappa shape index (κ2) is 5.28. The largest absolute Gasteiger partial charge is 0.314 e. The Labute approximate surface area is 102 Å². The predicted molar refractivity (Wildman–Crippen MR) is 70.1 cm³/mol. The standard InChI is InChI=1S/C13H22N2S/c1-9(2)7-12-10(3)16-13(15-12)8-11-5-4-6-14-11/h9,11,14H,4-8H2,1-3H3. The van der Waals surface area contributed by atoms with Crippen molar-refractivity contribution in [3.05, 3.63) is 15.6 Å². The molecular formula is C13H22N2S. The third kappa shape index (κ3) is 3.05. The summed E-state index contributed by atoms with van der Waals surface area (Å²) in [6.07, 6.45) is 4.90. The van der Waals surface area contributed by atoms with Crippen LogP contribution in [0.1, 0.15) is 42.3 Å². The molecule has 1 saturated heterocycles. The molecular weight excluding hydrogens is 216 g/mol. The Morgan fingerprint density at radius 3 is 2.94 bits per heavy atom. The predicted octanol–water partition coefficient (Wildman–Crippen LogP) is 2.94. The molecule has 1 aromatic heterocycles. The molecule has 1 N–H and O–H groups in total. The van der Waals surface area contributed by atoms with Crippen LogP contribution in [0.4, 0.5) is 0 Å². The molecule has 2 nitrogen and oxygen atoms in total. The van der Waals surface area contributed by atoms with Gasteiger partial charge in [-0.2, -0.15) is 0 Å². The average molecular weight is 238 g/mol. The molecule has 1 aliphatic heterocycles. The van der Waals surface area contributed by atoms with Crippen molar-refractivity contribution in [2.24, 2.45) is 5.92 Å². The lowest BCUT2D eigenvalue weighted by molar-refractivity contribution is 0.596. The molecule has 0 bridgehead atoms. The first kappa shape index (κ1) is 12.1. The number of nitrogens with one attached hydrogen (secondary N) is 1. The third-order valence-electron chi connectivity index (χ3n) is 3.12. The van der Waals surface area contributed by atoms with Crippen LogP contribution in [0, 0.1) is 12.8 Å². The second-order valence-corrected chi connectivity index (χ2v) is 6.49. The number of aromatic nitrogens is 1. The molecule has 0 aromatic carbocycles. The van der Waals surface area contributed by atoms with Crippen molar-refractivity contribution >= 4 is 11.3 Å². The van der Waals surface area contributed by atoms with Gasteiger partial charge in [0, 0.05) is 17.3 Å². The first-order valence-corrected chi connectivity index (χ1v) is 7.15. The van der Waals surface area contributed by atoms with E-state index in [0.717, 1.165) is 12.8 Å². The summed E-state index contributed by atoms with van der Waals surface area (Å²) in [7, 11) is 0. The minimum Gasteiger partial charge on any atom is -0.314 e. The summed E-state index contributed by atoms with van der Waals surface area (Å²) >= 11 is 1.89. The van der Waals surface area contributed by atoms with E-state index in [9.17, 15) is 0 Å². The molecule has 90 valence electrons. The van der Waals surface area contributed by atoms with Gasteiger partial charge in [0.1, 0.15) is 0 Å². The fourth-order valence-corrected chi connectivity index (χ4v) is 3.33. The molecule has 0 saturated carbocycles. The monoisotopic (exact) mass is 238 g/mol. The number of nitrogens with zero attached hydrogens (tertiary/aromatic N) is 1. The maximum Gasteiger partial charge on any atom is 0.0946 e. The van der Waals surface area contributed by atoms with Gasteiger partial charge in [-0.05, 0) is 38.6 Å². The molecule has 16 heavy (non-hydrogen) atoms. The van der Waals surface area contributed by atoms with E-state index in [1.807, 2.05) is 11.3 Å². The highest BCUT2D eigenvalue weighted by Crippen LogP contribution is 2.22. The van der Waals surface area contributed by atoms with Crippen LogP contribution in [0.15, 0.2) is 0 Å². The lowest BCUT2D eigenvalue weighted by Crippen LogP contribution is -2.23. The number of hydrogen-bond acceptors (Lipinski definition) is 3. The van der Waals surface area contributed by atoms with Crippen LogP contribution >= 0.6 is 11.3 Å². The van der Waals surface area contributed by atoms with Crippen molar-refractivity contribution in [1.82, 2.24) is 10.3 Å². The van der Waals surface area contributed by atoms with E-state index in [4.69, 9.17) is 4.98 Å². The summed E-state index contributed by atoms with van der Waals surface area (Å²) in [5, 5.41) is 4.87. The molecule has 1 fully saturated rings. The van der Waals surface area contributed by atoms with E-state index in [1.54, 1.807) is 0 Å². The maximum atomic E-state index is 4.79.